The highest BCUT2D eigenvalue weighted by Gasteiger charge is 2.59. The van der Waals surface area contributed by atoms with E-state index in [-0.39, 0.29) is 6.10 Å². The van der Waals surface area contributed by atoms with Crippen LogP contribution in [0.3, 0.4) is 0 Å². The van der Waals surface area contributed by atoms with Gasteiger partial charge in [0.15, 0.2) is 17.9 Å². The molecule has 0 saturated carbocycles. The van der Waals surface area contributed by atoms with Crippen molar-refractivity contribution in [1.29, 1.82) is 0 Å². The number of methoxy groups -OCH3 is 1. The molecule has 0 N–H and O–H groups in total. The number of hydrogen-bond acceptors (Lipinski definition) is 8. The molecule has 3 heterocycles. The molecule has 0 bridgehead atoms. The Hall–Kier alpha value is -1.29. The van der Waals surface area contributed by atoms with Crippen LogP contribution in [-0.2, 0) is 38.0 Å². The van der Waals surface area contributed by atoms with Crippen LogP contribution in [0.2, 0.25) is 0 Å². The number of carbonyl (C=O) groups is 1. The molecule has 8 nitrogen and oxygen atoms in total. The third-order valence-electron chi connectivity index (χ3n) is 5.28. The molecule has 0 unspecified atom stereocenters. The quantitative estimate of drug-likeness (QED) is 0.666. The average molecular weight is 396 g/mol. The minimum Gasteiger partial charge on any atom is -0.466 e. The Labute approximate surface area is 164 Å². The number of esters is 1. The van der Waals surface area contributed by atoms with Crippen LogP contribution >= 0.6 is 0 Å². The Morgan fingerprint density at radius 3 is 2.57 bits per heavy atom. The summed E-state index contributed by atoms with van der Waals surface area (Å²) in [4.78, 5) is 12.2. The molecule has 0 amide bonds. The molecular weight excluding hydrogens is 368 g/mol. The number of allylic oxidation sites excluding steroid dienone is 2. The van der Waals surface area contributed by atoms with Crippen molar-refractivity contribution in [2.24, 2.45) is 0 Å². The molecule has 0 aromatic rings. The van der Waals surface area contributed by atoms with Gasteiger partial charge >= 0.3 is 5.97 Å². The number of rotatable bonds is 4. The first-order chi connectivity index (χ1) is 13.2. The van der Waals surface area contributed by atoms with Gasteiger partial charge in [0.05, 0.1) is 25.4 Å². The van der Waals surface area contributed by atoms with Gasteiger partial charge in [-0.05, 0) is 40.2 Å². The third kappa shape index (κ3) is 3.77. The summed E-state index contributed by atoms with van der Waals surface area (Å²) in [6.45, 7) is 7.77. The highest BCUT2D eigenvalue weighted by atomic mass is 16.8. The molecule has 156 valence electrons. The first kappa shape index (κ1) is 20.0. The number of carbonyl (C=O) groups excluding carboxylic acids is 1. The largest absolute Gasteiger partial charge is 0.466 e. The van der Waals surface area contributed by atoms with Gasteiger partial charge in [-0.2, -0.15) is 0 Å². The molecule has 4 rings (SSSR count). The molecular formula is C20H28O8. The molecule has 0 aromatic heterocycles. The molecule has 1 aliphatic carbocycles. The van der Waals surface area contributed by atoms with Gasteiger partial charge in [-0.1, -0.05) is 12.2 Å². The van der Waals surface area contributed by atoms with Crippen molar-refractivity contribution >= 4 is 5.97 Å². The number of hydrogen-bond donors (Lipinski definition) is 0. The first-order valence-electron chi connectivity index (χ1n) is 9.62. The molecule has 3 saturated heterocycles. The molecule has 0 aromatic carbocycles. The van der Waals surface area contributed by atoms with E-state index >= 15 is 0 Å². The molecule has 6 atom stereocenters. The zero-order chi connectivity index (χ0) is 20.1. The molecule has 3 aliphatic heterocycles. The third-order valence-corrected chi connectivity index (χ3v) is 5.28. The van der Waals surface area contributed by atoms with Crippen LogP contribution in [0.1, 0.15) is 34.1 Å². The second-order valence-electron chi connectivity index (χ2n) is 8.30. The lowest BCUT2D eigenvalue weighted by molar-refractivity contribution is -0.238. The Kier molecular flexibility index (Phi) is 5.14. The zero-order valence-electron chi connectivity index (χ0n) is 16.9. The summed E-state index contributed by atoms with van der Waals surface area (Å²) in [6, 6.07) is 0. The Morgan fingerprint density at radius 2 is 1.89 bits per heavy atom. The predicted molar refractivity (Wildman–Crippen MR) is 96.1 cm³/mol. The predicted octanol–water partition coefficient (Wildman–Crippen LogP) is 1.83. The molecule has 0 radical (unpaired) electrons. The van der Waals surface area contributed by atoms with Crippen LogP contribution in [0.25, 0.3) is 0 Å². The van der Waals surface area contributed by atoms with Gasteiger partial charge in [0.2, 0.25) is 0 Å². The second-order valence-corrected chi connectivity index (χ2v) is 8.30. The minimum atomic E-state index is -0.776. The lowest BCUT2D eigenvalue weighted by atomic mass is 9.99. The fourth-order valence-corrected chi connectivity index (χ4v) is 4.08. The van der Waals surface area contributed by atoms with Gasteiger partial charge < -0.3 is 33.2 Å². The van der Waals surface area contributed by atoms with Crippen LogP contribution < -0.4 is 0 Å². The van der Waals surface area contributed by atoms with E-state index in [0.717, 1.165) is 0 Å². The smallest absolute Gasteiger partial charge is 0.336 e. The van der Waals surface area contributed by atoms with E-state index in [4.69, 9.17) is 33.2 Å². The maximum atomic E-state index is 12.2. The summed E-state index contributed by atoms with van der Waals surface area (Å²) in [6.07, 6.45) is 3.33. The van der Waals surface area contributed by atoms with Gasteiger partial charge in [-0.3, -0.25) is 0 Å². The van der Waals surface area contributed by atoms with Crippen molar-refractivity contribution in [2.75, 3.05) is 13.7 Å². The van der Waals surface area contributed by atoms with Gasteiger partial charge in [0.25, 0.3) is 0 Å². The van der Waals surface area contributed by atoms with Crippen molar-refractivity contribution in [3.05, 3.63) is 23.8 Å². The Morgan fingerprint density at radius 1 is 1.11 bits per heavy atom. The van der Waals surface area contributed by atoms with E-state index in [1.165, 1.54) is 7.11 Å². The summed E-state index contributed by atoms with van der Waals surface area (Å²) in [7, 11) is 1.36. The second kappa shape index (κ2) is 7.19. The fraction of sp³-hybridized carbons (Fsp3) is 0.750. The fourth-order valence-electron chi connectivity index (χ4n) is 4.08. The van der Waals surface area contributed by atoms with Crippen molar-refractivity contribution in [3.63, 3.8) is 0 Å². The molecule has 4 aliphatic rings. The van der Waals surface area contributed by atoms with Crippen molar-refractivity contribution in [1.82, 2.24) is 0 Å². The summed E-state index contributed by atoms with van der Waals surface area (Å²) in [5, 5.41) is 0. The van der Waals surface area contributed by atoms with E-state index < -0.39 is 48.2 Å². The lowest BCUT2D eigenvalue weighted by Crippen LogP contribution is -2.46. The minimum absolute atomic E-state index is 0.328. The van der Waals surface area contributed by atoms with Gasteiger partial charge in [0, 0.05) is 0 Å². The topological polar surface area (TPSA) is 81.7 Å². The van der Waals surface area contributed by atoms with E-state index in [2.05, 4.69) is 0 Å². The maximum absolute atomic E-state index is 12.2. The van der Waals surface area contributed by atoms with E-state index in [1.54, 1.807) is 6.08 Å². The van der Waals surface area contributed by atoms with E-state index in [0.29, 0.717) is 18.6 Å². The highest BCUT2D eigenvalue weighted by molar-refractivity contribution is 5.90. The van der Waals surface area contributed by atoms with Crippen molar-refractivity contribution < 1.29 is 38.0 Å². The van der Waals surface area contributed by atoms with Gasteiger partial charge in [0.1, 0.15) is 24.4 Å². The number of fused-ring (bicyclic) bond motifs is 1. The van der Waals surface area contributed by atoms with Crippen molar-refractivity contribution in [2.45, 2.75) is 82.5 Å². The van der Waals surface area contributed by atoms with Crippen LogP contribution in [0.5, 0.6) is 0 Å². The highest BCUT2D eigenvalue weighted by Crippen LogP contribution is 2.43. The maximum Gasteiger partial charge on any atom is 0.336 e. The summed E-state index contributed by atoms with van der Waals surface area (Å²) in [5.74, 6) is -1.88. The standard InChI is InChI=1S/C20H28O8/c1-19(2)23-10-13(26-19)14-15(16-18(25-14)28-20(3,4)27-16)24-12-9-7-6-8-11(12)17(21)22-5/h6-8,12-16,18H,9-10H2,1-5H3/t12-,13-,14-,15+,16-,18-/m1/s1. The van der Waals surface area contributed by atoms with Gasteiger partial charge in [-0.25, -0.2) is 4.79 Å². The average Bonchev–Trinajstić information content (AvgIpc) is 3.25. The SMILES string of the molecule is COC(=O)C1=CC=CC[C@H]1O[C@@H]1[C@H]2OC(C)(C)O[C@H]2O[C@@H]1[C@H]1COC(C)(C)O1. The Bertz CT molecular complexity index is 682. The Balaban J connectivity index is 1.56. The van der Waals surface area contributed by atoms with Crippen LogP contribution in [0, 0.1) is 0 Å². The number of ether oxygens (including phenoxy) is 7. The van der Waals surface area contributed by atoms with Gasteiger partial charge in [-0.15, -0.1) is 0 Å². The molecule has 28 heavy (non-hydrogen) atoms. The normalized spacial score (nSPS) is 41.0. The van der Waals surface area contributed by atoms with Crippen LogP contribution in [0.4, 0.5) is 0 Å². The summed E-state index contributed by atoms with van der Waals surface area (Å²) < 4.78 is 41.1. The lowest BCUT2D eigenvalue weighted by Gasteiger charge is -2.32. The van der Waals surface area contributed by atoms with Crippen molar-refractivity contribution in [3.8, 4) is 0 Å². The van der Waals surface area contributed by atoms with E-state index in [1.807, 2.05) is 39.8 Å². The van der Waals surface area contributed by atoms with E-state index in [9.17, 15) is 4.79 Å². The monoisotopic (exact) mass is 396 g/mol. The first-order valence-corrected chi connectivity index (χ1v) is 9.62. The summed E-state index contributed by atoms with van der Waals surface area (Å²) >= 11 is 0. The summed E-state index contributed by atoms with van der Waals surface area (Å²) in [5.41, 5.74) is 0.467. The zero-order valence-corrected chi connectivity index (χ0v) is 16.9. The van der Waals surface area contributed by atoms with Crippen LogP contribution in [0.15, 0.2) is 23.8 Å². The molecule has 0 spiro atoms. The molecule has 8 heteroatoms. The molecule has 3 fully saturated rings. The van der Waals surface area contributed by atoms with Crippen LogP contribution in [-0.4, -0.2) is 68.1 Å².